The van der Waals surface area contributed by atoms with Gasteiger partial charge in [0.1, 0.15) is 6.04 Å². The van der Waals surface area contributed by atoms with Crippen LogP contribution in [0.4, 0.5) is 4.79 Å². The first-order valence-electron chi connectivity index (χ1n) is 5.90. The van der Waals surface area contributed by atoms with Gasteiger partial charge in [0, 0.05) is 12.5 Å². The molecule has 0 saturated heterocycles. The molecular weight excluding hydrogens is 240 g/mol. The third-order valence-electron chi connectivity index (χ3n) is 2.96. The Kier molecular flexibility index (Phi) is 4.94. The number of rotatable bonds is 6. The highest BCUT2D eigenvalue weighted by Gasteiger charge is 2.28. The van der Waals surface area contributed by atoms with Crippen molar-refractivity contribution < 1.29 is 24.6 Å². The fourth-order valence-electron chi connectivity index (χ4n) is 1.93. The van der Waals surface area contributed by atoms with Crippen molar-refractivity contribution >= 4 is 18.0 Å². The maximum Gasteiger partial charge on any atom is 0.326 e. The van der Waals surface area contributed by atoms with Crippen molar-refractivity contribution in [3.05, 3.63) is 0 Å². The van der Waals surface area contributed by atoms with E-state index >= 15 is 0 Å². The van der Waals surface area contributed by atoms with Crippen LogP contribution in [0.15, 0.2) is 0 Å². The molecular formula is C11H18N2O5. The average Bonchev–Trinajstić information content (AvgIpc) is 2.21. The molecule has 0 bridgehead atoms. The number of carboxylic acids is 2. The van der Waals surface area contributed by atoms with E-state index < -0.39 is 24.0 Å². The Labute approximate surface area is 105 Å². The van der Waals surface area contributed by atoms with Gasteiger partial charge < -0.3 is 20.8 Å². The summed E-state index contributed by atoms with van der Waals surface area (Å²) < 4.78 is 0. The van der Waals surface area contributed by atoms with Crippen LogP contribution in [0.2, 0.25) is 0 Å². The number of carbonyl (C=O) groups is 3. The van der Waals surface area contributed by atoms with E-state index in [2.05, 4.69) is 17.6 Å². The van der Waals surface area contributed by atoms with Crippen molar-refractivity contribution in [3.63, 3.8) is 0 Å². The predicted octanol–water partition coefficient (Wildman–Crippen LogP) is 0.402. The fraction of sp³-hybridized carbons (Fsp3) is 0.727. The molecule has 1 atom stereocenters. The fourth-order valence-corrected chi connectivity index (χ4v) is 1.93. The van der Waals surface area contributed by atoms with Crippen LogP contribution in [0.25, 0.3) is 0 Å². The molecule has 1 aliphatic rings. The van der Waals surface area contributed by atoms with Crippen molar-refractivity contribution in [2.24, 2.45) is 5.92 Å². The van der Waals surface area contributed by atoms with Crippen LogP contribution < -0.4 is 10.6 Å². The van der Waals surface area contributed by atoms with Crippen LogP contribution in [-0.4, -0.2) is 40.3 Å². The summed E-state index contributed by atoms with van der Waals surface area (Å²) in [6.07, 6.45) is 1.36. The smallest absolute Gasteiger partial charge is 0.326 e. The van der Waals surface area contributed by atoms with E-state index in [-0.39, 0.29) is 18.9 Å². The van der Waals surface area contributed by atoms with Crippen LogP contribution >= 0.6 is 0 Å². The number of aliphatic carboxylic acids is 2. The second-order valence-electron chi connectivity index (χ2n) is 4.71. The first-order valence-corrected chi connectivity index (χ1v) is 5.90. The van der Waals surface area contributed by atoms with Gasteiger partial charge in [0.05, 0.1) is 0 Å². The predicted molar refractivity (Wildman–Crippen MR) is 62.1 cm³/mol. The Balaban J connectivity index is 2.33. The first kappa shape index (κ1) is 14.3. The number of hydrogen-bond donors (Lipinski definition) is 4. The van der Waals surface area contributed by atoms with Gasteiger partial charge in [-0.3, -0.25) is 4.79 Å². The zero-order valence-electron chi connectivity index (χ0n) is 10.2. The maximum absolute atomic E-state index is 11.5. The molecule has 1 rings (SSSR count). The lowest BCUT2D eigenvalue weighted by molar-refractivity contribution is -0.140. The molecule has 0 aromatic rings. The molecule has 0 radical (unpaired) electrons. The lowest BCUT2D eigenvalue weighted by Crippen LogP contribution is -2.52. The molecule has 0 aromatic carbocycles. The van der Waals surface area contributed by atoms with E-state index in [9.17, 15) is 14.4 Å². The topological polar surface area (TPSA) is 116 Å². The molecule has 102 valence electrons. The van der Waals surface area contributed by atoms with Crippen molar-refractivity contribution in [1.29, 1.82) is 0 Å². The molecule has 0 aliphatic heterocycles. The molecule has 2 amide bonds. The van der Waals surface area contributed by atoms with Gasteiger partial charge in [0.2, 0.25) is 0 Å². The lowest BCUT2D eigenvalue weighted by atomic mass is 9.82. The minimum absolute atomic E-state index is 0.0916. The van der Waals surface area contributed by atoms with Gasteiger partial charge in [-0.1, -0.05) is 6.92 Å². The number of nitrogens with one attached hydrogen (secondary N) is 2. The zero-order chi connectivity index (χ0) is 13.7. The number of carbonyl (C=O) groups excluding carboxylic acids is 1. The quantitative estimate of drug-likeness (QED) is 0.550. The monoisotopic (exact) mass is 258 g/mol. The number of amides is 2. The van der Waals surface area contributed by atoms with E-state index in [0.29, 0.717) is 5.92 Å². The number of urea groups is 1. The molecule has 1 fully saturated rings. The highest BCUT2D eigenvalue weighted by atomic mass is 16.4. The standard InChI is InChI=1S/C11H18N2O5/c1-6-4-7(5-6)12-11(18)13-8(10(16)17)2-3-9(14)15/h6-8H,2-5H2,1H3,(H,14,15)(H,16,17)(H2,12,13,18)/t6?,7?,8-/m0/s1. The summed E-state index contributed by atoms with van der Waals surface area (Å²) in [5.74, 6) is -1.73. The average molecular weight is 258 g/mol. The van der Waals surface area contributed by atoms with Gasteiger partial charge in [0.25, 0.3) is 0 Å². The summed E-state index contributed by atoms with van der Waals surface area (Å²) in [6.45, 7) is 2.07. The molecule has 4 N–H and O–H groups in total. The summed E-state index contributed by atoms with van der Waals surface area (Å²) in [6, 6.07) is -1.63. The molecule has 1 aliphatic carbocycles. The van der Waals surface area contributed by atoms with E-state index in [0.717, 1.165) is 12.8 Å². The SMILES string of the molecule is CC1CC(NC(=O)N[C@@H](CCC(=O)O)C(=O)O)C1. The van der Waals surface area contributed by atoms with Crippen LogP contribution in [0.1, 0.15) is 32.6 Å². The largest absolute Gasteiger partial charge is 0.481 e. The van der Waals surface area contributed by atoms with Gasteiger partial charge >= 0.3 is 18.0 Å². The molecule has 18 heavy (non-hydrogen) atoms. The highest BCUT2D eigenvalue weighted by molar-refractivity contribution is 5.83. The second-order valence-corrected chi connectivity index (χ2v) is 4.71. The number of carboxylic acid groups (broad SMARTS) is 2. The van der Waals surface area contributed by atoms with E-state index in [4.69, 9.17) is 10.2 Å². The van der Waals surface area contributed by atoms with Crippen LogP contribution in [-0.2, 0) is 9.59 Å². The van der Waals surface area contributed by atoms with E-state index in [1.165, 1.54) is 0 Å². The van der Waals surface area contributed by atoms with Crippen molar-refractivity contribution in [1.82, 2.24) is 10.6 Å². The Morgan fingerprint density at radius 1 is 1.28 bits per heavy atom. The summed E-state index contributed by atoms with van der Waals surface area (Å²) in [5, 5.41) is 22.3. The van der Waals surface area contributed by atoms with Crippen molar-refractivity contribution in [3.8, 4) is 0 Å². The van der Waals surface area contributed by atoms with Gasteiger partial charge in [-0.25, -0.2) is 9.59 Å². The van der Waals surface area contributed by atoms with E-state index in [1.54, 1.807) is 0 Å². The van der Waals surface area contributed by atoms with E-state index in [1.807, 2.05) is 0 Å². The second kappa shape index (κ2) is 6.23. The van der Waals surface area contributed by atoms with Crippen LogP contribution in [0.5, 0.6) is 0 Å². The Morgan fingerprint density at radius 3 is 2.33 bits per heavy atom. The minimum atomic E-state index is -1.23. The summed E-state index contributed by atoms with van der Waals surface area (Å²) in [4.78, 5) is 32.7. The molecule has 0 heterocycles. The van der Waals surface area contributed by atoms with Gasteiger partial charge in [-0.15, -0.1) is 0 Å². The van der Waals surface area contributed by atoms with Crippen molar-refractivity contribution in [2.75, 3.05) is 0 Å². The third-order valence-corrected chi connectivity index (χ3v) is 2.96. The molecule has 0 aromatic heterocycles. The molecule has 0 spiro atoms. The van der Waals surface area contributed by atoms with Gasteiger partial charge in [0.15, 0.2) is 0 Å². The summed E-state index contributed by atoms with van der Waals surface area (Å²) >= 11 is 0. The van der Waals surface area contributed by atoms with Crippen LogP contribution in [0, 0.1) is 5.92 Å². The molecule has 1 saturated carbocycles. The third kappa shape index (κ3) is 4.60. The summed E-state index contributed by atoms with van der Waals surface area (Å²) in [5.41, 5.74) is 0. The first-order chi connectivity index (χ1) is 8.38. The van der Waals surface area contributed by atoms with Gasteiger partial charge in [-0.2, -0.15) is 0 Å². The Bertz CT molecular complexity index is 338. The Morgan fingerprint density at radius 2 is 1.89 bits per heavy atom. The molecule has 7 nitrogen and oxygen atoms in total. The zero-order valence-corrected chi connectivity index (χ0v) is 10.2. The normalized spacial score (nSPS) is 23.6. The maximum atomic E-state index is 11.5. The molecule has 7 heteroatoms. The van der Waals surface area contributed by atoms with Gasteiger partial charge in [-0.05, 0) is 25.2 Å². The highest BCUT2D eigenvalue weighted by Crippen LogP contribution is 2.25. The summed E-state index contributed by atoms with van der Waals surface area (Å²) in [7, 11) is 0. The Hall–Kier alpha value is -1.79. The van der Waals surface area contributed by atoms with Crippen LogP contribution in [0.3, 0.4) is 0 Å². The molecule has 0 unspecified atom stereocenters. The minimum Gasteiger partial charge on any atom is -0.481 e. The lowest BCUT2D eigenvalue weighted by Gasteiger charge is -2.33. The number of hydrogen-bond acceptors (Lipinski definition) is 3. The van der Waals surface area contributed by atoms with Crippen molar-refractivity contribution in [2.45, 2.75) is 44.7 Å².